The van der Waals surface area contributed by atoms with Crippen molar-refractivity contribution in [1.82, 2.24) is 14.7 Å². The van der Waals surface area contributed by atoms with Gasteiger partial charge in [-0.25, -0.2) is 4.98 Å². The van der Waals surface area contributed by atoms with E-state index < -0.39 is 0 Å². The van der Waals surface area contributed by atoms with Crippen molar-refractivity contribution in [2.24, 2.45) is 5.92 Å². The smallest absolute Gasteiger partial charge is 0.136 e. The highest BCUT2D eigenvalue weighted by Gasteiger charge is 2.29. The summed E-state index contributed by atoms with van der Waals surface area (Å²) < 4.78 is 8.14. The van der Waals surface area contributed by atoms with Crippen LogP contribution in [0.5, 0.6) is 0 Å². The Labute approximate surface area is 142 Å². The van der Waals surface area contributed by atoms with Gasteiger partial charge in [0.15, 0.2) is 0 Å². The maximum Gasteiger partial charge on any atom is 0.136 e. The number of aryl methyl sites for hydroxylation is 1. The second-order valence-electron chi connectivity index (χ2n) is 6.57. The van der Waals surface area contributed by atoms with E-state index in [2.05, 4.69) is 70.3 Å². The van der Waals surface area contributed by atoms with E-state index in [0.29, 0.717) is 5.92 Å². The molecule has 1 aromatic carbocycles. The molecule has 124 valence electrons. The van der Waals surface area contributed by atoms with Gasteiger partial charge in [0.2, 0.25) is 0 Å². The summed E-state index contributed by atoms with van der Waals surface area (Å²) in [6.07, 6.45) is 5.42. The fourth-order valence-electron chi connectivity index (χ4n) is 3.51. The summed E-state index contributed by atoms with van der Waals surface area (Å²) in [6.45, 7) is 4.74. The van der Waals surface area contributed by atoms with E-state index in [1.807, 2.05) is 6.20 Å². The zero-order valence-corrected chi connectivity index (χ0v) is 14.0. The Bertz CT molecular complexity index is 812. The molecule has 4 rings (SSSR count). The molecular weight excluding hydrogens is 298 g/mol. The first-order valence-electron chi connectivity index (χ1n) is 8.61. The van der Waals surface area contributed by atoms with Gasteiger partial charge < -0.3 is 14.5 Å². The predicted octanol–water partition coefficient (Wildman–Crippen LogP) is 3.51. The highest BCUT2D eigenvalue weighted by molar-refractivity contribution is 5.41. The molecular formula is C20H23N3O. The van der Waals surface area contributed by atoms with Gasteiger partial charge in [-0.15, -0.1) is 0 Å². The van der Waals surface area contributed by atoms with Crippen molar-refractivity contribution in [3.05, 3.63) is 71.7 Å². The van der Waals surface area contributed by atoms with Crippen molar-refractivity contribution in [2.45, 2.75) is 26.0 Å². The quantitative estimate of drug-likeness (QED) is 0.781. The third-order valence-electron chi connectivity index (χ3n) is 4.79. The first-order chi connectivity index (χ1) is 11.8. The van der Waals surface area contributed by atoms with E-state index in [4.69, 9.17) is 4.74 Å². The molecule has 1 N–H and O–H groups in total. The van der Waals surface area contributed by atoms with Crippen molar-refractivity contribution >= 4 is 5.65 Å². The minimum atomic E-state index is 0.211. The fraction of sp³-hybridized carbons (Fsp3) is 0.350. The highest BCUT2D eigenvalue weighted by Crippen LogP contribution is 2.33. The molecule has 0 spiro atoms. The molecule has 1 saturated heterocycles. The summed E-state index contributed by atoms with van der Waals surface area (Å²) in [7, 11) is 0. The number of nitrogens with zero attached hydrogens (tertiary/aromatic N) is 2. The number of benzene rings is 1. The number of pyridine rings is 1. The minimum absolute atomic E-state index is 0.211. The fourth-order valence-corrected chi connectivity index (χ4v) is 3.51. The van der Waals surface area contributed by atoms with E-state index in [1.54, 1.807) is 0 Å². The predicted molar refractivity (Wildman–Crippen MR) is 94.9 cm³/mol. The summed E-state index contributed by atoms with van der Waals surface area (Å²) in [5.41, 5.74) is 4.73. The lowest BCUT2D eigenvalue weighted by molar-refractivity contribution is 0.0904. The number of hydrogen-bond donors (Lipinski definition) is 1. The SMILES string of the molecule is Cc1ccc2ncc(CNC[C@H]3CCO[C@@H]3c3ccccc3)n2c1. The Hall–Kier alpha value is -2.17. The Morgan fingerprint density at radius 2 is 2.08 bits per heavy atom. The molecule has 4 nitrogen and oxygen atoms in total. The first-order valence-corrected chi connectivity index (χ1v) is 8.61. The molecule has 0 saturated carbocycles. The third kappa shape index (κ3) is 3.07. The Kier molecular flexibility index (Phi) is 4.32. The van der Waals surface area contributed by atoms with Crippen LogP contribution in [0.15, 0.2) is 54.9 Å². The first kappa shape index (κ1) is 15.4. The highest BCUT2D eigenvalue weighted by atomic mass is 16.5. The lowest BCUT2D eigenvalue weighted by Crippen LogP contribution is -2.25. The van der Waals surface area contributed by atoms with Crippen molar-refractivity contribution in [3.8, 4) is 0 Å². The summed E-state index contributed by atoms with van der Waals surface area (Å²) >= 11 is 0. The molecule has 3 aromatic rings. The van der Waals surface area contributed by atoms with Crippen molar-refractivity contribution < 1.29 is 4.74 Å². The van der Waals surface area contributed by atoms with Crippen LogP contribution in [0.3, 0.4) is 0 Å². The zero-order valence-electron chi connectivity index (χ0n) is 14.0. The van der Waals surface area contributed by atoms with Crippen LogP contribution in [-0.2, 0) is 11.3 Å². The molecule has 3 heterocycles. The Morgan fingerprint density at radius 3 is 2.96 bits per heavy atom. The Morgan fingerprint density at radius 1 is 1.21 bits per heavy atom. The van der Waals surface area contributed by atoms with Crippen LogP contribution in [0.25, 0.3) is 5.65 Å². The lowest BCUT2D eigenvalue weighted by Gasteiger charge is -2.19. The molecule has 1 fully saturated rings. The number of nitrogens with one attached hydrogen (secondary N) is 1. The van der Waals surface area contributed by atoms with Gasteiger partial charge in [0.1, 0.15) is 5.65 Å². The normalized spacial score (nSPS) is 20.7. The van der Waals surface area contributed by atoms with Crippen molar-refractivity contribution in [2.75, 3.05) is 13.2 Å². The molecule has 1 aliphatic rings. The van der Waals surface area contributed by atoms with Gasteiger partial charge in [-0.05, 0) is 30.5 Å². The molecule has 0 unspecified atom stereocenters. The van der Waals surface area contributed by atoms with Gasteiger partial charge in [0.25, 0.3) is 0 Å². The monoisotopic (exact) mass is 321 g/mol. The molecule has 24 heavy (non-hydrogen) atoms. The van der Waals surface area contributed by atoms with Gasteiger partial charge in [-0.3, -0.25) is 0 Å². The van der Waals surface area contributed by atoms with Gasteiger partial charge in [-0.1, -0.05) is 36.4 Å². The number of hydrogen-bond acceptors (Lipinski definition) is 3. The minimum Gasteiger partial charge on any atom is -0.373 e. The standard InChI is InChI=1S/C20H23N3O/c1-15-7-8-19-22-13-18(23(19)14-15)12-21-11-17-9-10-24-20(17)16-5-3-2-4-6-16/h2-8,13-14,17,20-21H,9-12H2,1H3/t17-,20-/m1/s1. The number of fused-ring (bicyclic) bond motifs is 1. The molecule has 1 aliphatic heterocycles. The van der Waals surface area contributed by atoms with Crippen LogP contribution in [0.2, 0.25) is 0 Å². The van der Waals surface area contributed by atoms with Crippen LogP contribution >= 0.6 is 0 Å². The second kappa shape index (κ2) is 6.75. The van der Waals surface area contributed by atoms with E-state index in [-0.39, 0.29) is 6.10 Å². The van der Waals surface area contributed by atoms with Crippen LogP contribution in [-0.4, -0.2) is 22.5 Å². The molecule has 0 bridgehead atoms. The molecule has 0 aliphatic carbocycles. The largest absolute Gasteiger partial charge is 0.373 e. The molecule has 0 radical (unpaired) electrons. The van der Waals surface area contributed by atoms with E-state index >= 15 is 0 Å². The van der Waals surface area contributed by atoms with Gasteiger partial charge >= 0.3 is 0 Å². The number of ether oxygens (including phenoxy) is 1. The van der Waals surface area contributed by atoms with Crippen molar-refractivity contribution in [1.29, 1.82) is 0 Å². The Balaban J connectivity index is 1.40. The maximum atomic E-state index is 5.97. The molecule has 2 aromatic heterocycles. The maximum absolute atomic E-state index is 5.97. The third-order valence-corrected chi connectivity index (χ3v) is 4.79. The zero-order chi connectivity index (χ0) is 16.4. The van der Waals surface area contributed by atoms with Crippen LogP contribution in [0, 0.1) is 12.8 Å². The average Bonchev–Trinajstić information content (AvgIpc) is 3.23. The molecule has 2 atom stereocenters. The van der Waals surface area contributed by atoms with Crippen molar-refractivity contribution in [3.63, 3.8) is 0 Å². The number of aromatic nitrogens is 2. The number of rotatable bonds is 5. The van der Waals surface area contributed by atoms with E-state index in [9.17, 15) is 0 Å². The second-order valence-corrected chi connectivity index (χ2v) is 6.57. The van der Waals surface area contributed by atoms with Gasteiger partial charge in [-0.2, -0.15) is 0 Å². The topological polar surface area (TPSA) is 38.6 Å². The molecule has 4 heteroatoms. The summed E-state index contributed by atoms with van der Waals surface area (Å²) in [5.74, 6) is 0.522. The average molecular weight is 321 g/mol. The van der Waals surface area contributed by atoms with Gasteiger partial charge in [0.05, 0.1) is 18.0 Å². The summed E-state index contributed by atoms with van der Waals surface area (Å²) in [4.78, 5) is 4.47. The molecule has 0 amide bonds. The van der Waals surface area contributed by atoms with Crippen LogP contribution in [0.1, 0.15) is 29.3 Å². The van der Waals surface area contributed by atoms with Crippen LogP contribution < -0.4 is 5.32 Å². The summed E-state index contributed by atoms with van der Waals surface area (Å²) in [6, 6.07) is 14.7. The van der Waals surface area contributed by atoms with E-state index in [1.165, 1.54) is 16.8 Å². The van der Waals surface area contributed by atoms with Crippen LogP contribution in [0.4, 0.5) is 0 Å². The summed E-state index contributed by atoms with van der Waals surface area (Å²) in [5, 5.41) is 3.60. The van der Waals surface area contributed by atoms with Gasteiger partial charge in [0, 0.05) is 31.8 Å². The van der Waals surface area contributed by atoms with E-state index in [0.717, 1.165) is 31.8 Å². The lowest BCUT2D eigenvalue weighted by atomic mass is 9.95. The number of imidazole rings is 1.